The Morgan fingerprint density at radius 3 is 2.77 bits per heavy atom. The molecule has 1 aliphatic rings. The van der Waals surface area contributed by atoms with Crippen LogP contribution in [0.4, 0.5) is 0 Å². The molecule has 0 radical (unpaired) electrons. The van der Waals surface area contributed by atoms with Crippen molar-refractivity contribution in [2.75, 3.05) is 0 Å². The Labute approximate surface area is 140 Å². The van der Waals surface area contributed by atoms with Gasteiger partial charge in [0, 0.05) is 5.02 Å². The molecule has 1 aromatic carbocycles. The minimum atomic E-state index is -0.447. The lowest BCUT2D eigenvalue weighted by molar-refractivity contribution is 0.175. The number of rotatable bonds is 4. The van der Waals surface area contributed by atoms with E-state index in [2.05, 4.69) is 10.1 Å². The lowest BCUT2D eigenvalue weighted by Crippen LogP contribution is -2.34. The highest BCUT2D eigenvalue weighted by molar-refractivity contribution is 6.30. The highest BCUT2D eigenvalue weighted by Crippen LogP contribution is 2.35. The van der Waals surface area contributed by atoms with Crippen molar-refractivity contribution in [3.8, 4) is 5.75 Å². The molecule has 1 aromatic heterocycles. The summed E-state index contributed by atoms with van der Waals surface area (Å²) in [5, 5.41) is 4.66. The van der Waals surface area contributed by atoms with Crippen molar-refractivity contribution in [1.29, 1.82) is 0 Å². The number of hydrogen-bond acceptors (Lipinski definition) is 5. The van der Waals surface area contributed by atoms with Crippen molar-refractivity contribution < 1.29 is 9.26 Å². The van der Waals surface area contributed by atoms with Crippen LogP contribution in [0.2, 0.25) is 5.02 Å². The quantitative estimate of drug-likeness (QED) is 0.907. The highest BCUT2D eigenvalue weighted by Gasteiger charge is 2.36. The number of halogens is 2. The van der Waals surface area contributed by atoms with Gasteiger partial charge in [-0.15, -0.1) is 12.4 Å². The first-order chi connectivity index (χ1) is 10.1. The molecular weight excluding hydrogens is 325 g/mol. The van der Waals surface area contributed by atoms with Gasteiger partial charge in [-0.1, -0.05) is 35.7 Å². The van der Waals surface area contributed by atoms with E-state index in [1.165, 1.54) is 0 Å². The SMILES string of the molecule is CC(Oc1cccc(Cl)c1)c1nc(C2(N)CCCC2)no1.Cl. The molecule has 1 atom stereocenters. The molecule has 1 heterocycles. The summed E-state index contributed by atoms with van der Waals surface area (Å²) >= 11 is 5.93. The zero-order valence-corrected chi connectivity index (χ0v) is 13.9. The predicted octanol–water partition coefficient (Wildman–Crippen LogP) is 4.01. The van der Waals surface area contributed by atoms with E-state index in [0.717, 1.165) is 25.7 Å². The van der Waals surface area contributed by atoms with Crippen LogP contribution >= 0.6 is 24.0 Å². The molecule has 1 fully saturated rings. The van der Waals surface area contributed by atoms with Crippen LogP contribution < -0.4 is 10.5 Å². The zero-order chi connectivity index (χ0) is 14.9. The Balaban J connectivity index is 0.00000176. The van der Waals surface area contributed by atoms with Gasteiger partial charge in [0.25, 0.3) is 5.89 Å². The van der Waals surface area contributed by atoms with Gasteiger partial charge in [0.15, 0.2) is 11.9 Å². The average Bonchev–Trinajstić information content (AvgIpc) is 3.08. The maximum Gasteiger partial charge on any atom is 0.267 e. The third kappa shape index (κ3) is 3.54. The van der Waals surface area contributed by atoms with E-state index in [9.17, 15) is 0 Å². The van der Waals surface area contributed by atoms with Crippen LogP contribution in [0, 0.1) is 0 Å². The number of aromatic nitrogens is 2. The van der Waals surface area contributed by atoms with Crippen LogP contribution in [0.1, 0.15) is 50.4 Å². The van der Waals surface area contributed by atoms with Gasteiger partial charge in [-0.05, 0) is 38.0 Å². The summed E-state index contributed by atoms with van der Waals surface area (Å²) in [5.41, 5.74) is 5.88. The fraction of sp³-hybridized carbons (Fsp3) is 0.467. The van der Waals surface area contributed by atoms with Gasteiger partial charge in [-0.2, -0.15) is 4.98 Å². The molecule has 0 amide bonds. The third-order valence-electron chi connectivity index (χ3n) is 3.84. The first-order valence-corrected chi connectivity index (χ1v) is 7.50. The monoisotopic (exact) mass is 343 g/mol. The van der Waals surface area contributed by atoms with Crippen LogP contribution in [0.15, 0.2) is 28.8 Å². The van der Waals surface area contributed by atoms with Gasteiger partial charge in [-0.3, -0.25) is 0 Å². The zero-order valence-electron chi connectivity index (χ0n) is 12.3. The molecule has 1 saturated carbocycles. The smallest absolute Gasteiger partial charge is 0.267 e. The summed E-state index contributed by atoms with van der Waals surface area (Å²) in [5.74, 6) is 1.68. The van der Waals surface area contributed by atoms with Crippen molar-refractivity contribution in [2.45, 2.75) is 44.2 Å². The molecule has 22 heavy (non-hydrogen) atoms. The summed E-state index contributed by atoms with van der Waals surface area (Å²) in [6, 6.07) is 7.21. The number of benzene rings is 1. The van der Waals surface area contributed by atoms with Crippen LogP contribution in [0.25, 0.3) is 0 Å². The molecule has 0 spiro atoms. The Morgan fingerprint density at radius 2 is 2.09 bits per heavy atom. The van der Waals surface area contributed by atoms with E-state index in [1.807, 2.05) is 19.1 Å². The Morgan fingerprint density at radius 1 is 1.36 bits per heavy atom. The van der Waals surface area contributed by atoms with E-state index >= 15 is 0 Å². The lowest BCUT2D eigenvalue weighted by atomic mass is 9.99. The summed E-state index contributed by atoms with van der Waals surface area (Å²) in [6.07, 6.45) is 3.66. The fourth-order valence-corrected chi connectivity index (χ4v) is 2.81. The highest BCUT2D eigenvalue weighted by atomic mass is 35.5. The summed E-state index contributed by atoms with van der Waals surface area (Å²) in [6.45, 7) is 1.86. The minimum Gasteiger partial charge on any atom is -0.481 e. The molecule has 2 aromatic rings. The van der Waals surface area contributed by atoms with Gasteiger partial charge in [0.05, 0.1) is 5.54 Å². The molecule has 1 aliphatic carbocycles. The number of ether oxygens (including phenoxy) is 1. The van der Waals surface area contributed by atoms with Crippen molar-refractivity contribution >= 4 is 24.0 Å². The number of nitrogens with zero attached hydrogens (tertiary/aromatic N) is 2. The Bertz CT molecular complexity index is 627. The van der Waals surface area contributed by atoms with E-state index in [-0.39, 0.29) is 18.5 Å². The second-order valence-electron chi connectivity index (χ2n) is 5.54. The van der Waals surface area contributed by atoms with Gasteiger partial charge in [-0.25, -0.2) is 0 Å². The number of nitrogens with two attached hydrogens (primary N) is 1. The second-order valence-corrected chi connectivity index (χ2v) is 5.97. The Kier molecular flexibility index (Phi) is 5.32. The third-order valence-corrected chi connectivity index (χ3v) is 4.07. The first kappa shape index (κ1) is 17.1. The van der Waals surface area contributed by atoms with Crippen LogP contribution in [0.3, 0.4) is 0 Å². The topological polar surface area (TPSA) is 74.2 Å². The largest absolute Gasteiger partial charge is 0.481 e. The van der Waals surface area contributed by atoms with Gasteiger partial charge >= 0.3 is 0 Å². The van der Waals surface area contributed by atoms with Gasteiger partial charge < -0.3 is 15.0 Å². The van der Waals surface area contributed by atoms with Gasteiger partial charge in [0.1, 0.15) is 5.75 Å². The van der Waals surface area contributed by atoms with E-state index < -0.39 is 5.54 Å². The fourth-order valence-electron chi connectivity index (χ4n) is 2.63. The average molecular weight is 344 g/mol. The first-order valence-electron chi connectivity index (χ1n) is 7.12. The maximum atomic E-state index is 6.32. The molecule has 0 bridgehead atoms. The van der Waals surface area contributed by atoms with Crippen molar-refractivity contribution in [3.63, 3.8) is 0 Å². The molecule has 0 saturated heterocycles. The number of hydrogen-bond donors (Lipinski definition) is 1. The normalized spacial score (nSPS) is 17.8. The molecule has 5 nitrogen and oxygen atoms in total. The van der Waals surface area contributed by atoms with E-state index in [4.69, 9.17) is 26.6 Å². The molecule has 3 rings (SSSR count). The Hall–Kier alpha value is -1.30. The summed E-state index contributed by atoms with van der Waals surface area (Å²) in [7, 11) is 0. The van der Waals surface area contributed by atoms with Crippen molar-refractivity contribution in [1.82, 2.24) is 10.1 Å². The van der Waals surface area contributed by atoms with Crippen molar-refractivity contribution in [2.24, 2.45) is 5.73 Å². The lowest BCUT2D eigenvalue weighted by Gasteiger charge is -2.17. The molecule has 1 unspecified atom stereocenters. The van der Waals surface area contributed by atoms with Crippen LogP contribution in [-0.2, 0) is 5.54 Å². The standard InChI is InChI=1S/C15H18ClN3O2.ClH/c1-10(20-12-6-4-5-11(16)9-12)13-18-14(19-21-13)15(17)7-2-3-8-15;/h4-6,9-10H,2-3,7-8,17H2,1H3;1H. The molecule has 7 heteroatoms. The molecule has 0 aliphatic heterocycles. The maximum absolute atomic E-state index is 6.32. The summed E-state index contributed by atoms with van der Waals surface area (Å²) in [4.78, 5) is 4.42. The minimum absolute atomic E-state index is 0. The molecular formula is C15H19Cl2N3O2. The van der Waals surface area contributed by atoms with Crippen LogP contribution in [-0.4, -0.2) is 10.1 Å². The molecule has 2 N–H and O–H groups in total. The molecule has 120 valence electrons. The second kappa shape index (κ2) is 6.86. The van der Waals surface area contributed by atoms with E-state index in [0.29, 0.717) is 22.5 Å². The van der Waals surface area contributed by atoms with E-state index in [1.54, 1.807) is 12.1 Å². The van der Waals surface area contributed by atoms with Gasteiger partial charge in [0.2, 0.25) is 0 Å². The summed E-state index contributed by atoms with van der Waals surface area (Å²) < 4.78 is 11.1. The van der Waals surface area contributed by atoms with Crippen LogP contribution in [0.5, 0.6) is 5.75 Å². The predicted molar refractivity (Wildman–Crippen MR) is 86.4 cm³/mol. The van der Waals surface area contributed by atoms with Crippen molar-refractivity contribution in [3.05, 3.63) is 41.0 Å².